The second-order valence-electron chi connectivity index (χ2n) is 8.30. The molecule has 1 fully saturated rings. The molecule has 1 amide bonds. The minimum Gasteiger partial charge on any atom is -0.481 e. The summed E-state index contributed by atoms with van der Waals surface area (Å²) in [5.41, 5.74) is 3.32. The Balaban J connectivity index is 1.34. The second-order valence-corrected chi connectivity index (χ2v) is 8.71. The van der Waals surface area contributed by atoms with Gasteiger partial charge in [-0.15, -0.1) is 10.2 Å². The first-order valence-electron chi connectivity index (χ1n) is 11.0. The van der Waals surface area contributed by atoms with Crippen molar-refractivity contribution in [3.05, 3.63) is 65.2 Å². The summed E-state index contributed by atoms with van der Waals surface area (Å²) in [4.78, 5) is 17.1. The Kier molecular flexibility index (Phi) is 7.11. The first-order chi connectivity index (χ1) is 15.9. The number of likely N-dealkylation sites (N-methyl/N-ethyl adjacent to an activating group) is 1. The second kappa shape index (κ2) is 10.2. The number of amides is 1. The van der Waals surface area contributed by atoms with Crippen LogP contribution < -0.4 is 15.0 Å². The summed E-state index contributed by atoms with van der Waals surface area (Å²) >= 11 is 6.05. The van der Waals surface area contributed by atoms with Crippen molar-refractivity contribution in [2.75, 3.05) is 43.4 Å². The molecule has 1 aromatic heterocycles. The number of nitrogens with zero attached hydrogens (tertiary/aromatic N) is 4. The first-order valence-corrected chi connectivity index (χ1v) is 11.4. The number of anilines is 2. The van der Waals surface area contributed by atoms with Gasteiger partial charge in [0.1, 0.15) is 5.75 Å². The van der Waals surface area contributed by atoms with E-state index in [1.54, 1.807) is 19.1 Å². The van der Waals surface area contributed by atoms with Crippen LogP contribution in [0.25, 0.3) is 11.3 Å². The Bertz CT molecular complexity index is 1100. The summed E-state index contributed by atoms with van der Waals surface area (Å²) in [6.07, 6.45) is -0.654. The van der Waals surface area contributed by atoms with Crippen LogP contribution in [0.3, 0.4) is 0 Å². The molecule has 33 heavy (non-hydrogen) atoms. The summed E-state index contributed by atoms with van der Waals surface area (Å²) in [6.45, 7) is 7.58. The van der Waals surface area contributed by atoms with Crippen molar-refractivity contribution in [1.82, 2.24) is 15.1 Å². The molecule has 0 aliphatic carbocycles. The summed E-state index contributed by atoms with van der Waals surface area (Å²) in [6, 6.07) is 16.9. The molecule has 172 valence electrons. The molecule has 1 atom stereocenters. The maximum atomic E-state index is 12.5. The number of carbonyl (C=O) groups excluding carboxylic acids is 1. The van der Waals surface area contributed by atoms with E-state index in [0.717, 1.165) is 48.8 Å². The predicted octanol–water partition coefficient (Wildman–Crippen LogP) is 4.26. The lowest BCUT2D eigenvalue weighted by molar-refractivity contribution is -0.122. The molecular weight excluding hydrogens is 438 g/mol. The normalized spacial score (nSPS) is 15.2. The third-order valence-electron chi connectivity index (χ3n) is 5.74. The van der Waals surface area contributed by atoms with E-state index in [1.807, 2.05) is 49.4 Å². The molecule has 2 aromatic carbocycles. The van der Waals surface area contributed by atoms with E-state index in [4.69, 9.17) is 16.3 Å². The van der Waals surface area contributed by atoms with Crippen molar-refractivity contribution in [3.63, 3.8) is 0 Å². The van der Waals surface area contributed by atoms with Gasteiger partial charge in [-0.25, -0.2) is 0 Å². The number of rotatable bonds is 6. The number of halogens is 1. The molecule has 0 bridgehead atoms. The summed E-state index contributed by atoms with van der Waals surface area (Å²) < 4.78 is 5.75. The average Bonchev–Trinajstić information content (AvgIpc) is 2.82. The van der Waals surface area contributed by atoms with Crippen LogP contribution >= 0.6 is 11.6 Å². The van der Waals surface area contributed by atoms with Crippen LogP contribution in [0.4, 0.5) is 11.5 Å². The SMILES string of the molecule is Cc1cc(OC(C)C(=O)Nc2ccc(-c3ccc(N4CCN(C)CC4)nn3)cc2)ccc1Cl. The predicted molar refractivity (Wildman–Crippen MR) is 132 cm³/mol. The van der Waals surface area contributed by atoms with Gasteiger partial charge in [-0.3, -0.25) is 4.79 Å². The number of aryl methyl sites for hydroxylation is 1. The smallest absolute Gasteiger partial charge is 0.265 e. The number of nitrogens with one attached hydrogen (secondary N) is 1. The number of benzene rings is 2. The highest BCUT2D eigenvalue weighted by molar-refractivity contribution is 6.31. The fourth-order valence-electron chi connectivity index (χ4n) is 3.60. The molecule has 8 heteroatoms. The number of ether oxygens (including phenoxy) is 1. The molecule has 3 aromatic rings. The van der Waals surface area contributed by atoms with Crippen molar-refractivity contribution < 1.29 is 9.53 Å². The van der Waals surface area contributed by atoms with E-state index in [-0.39, 0.29) is 5.91 Å². The van der Waals surface area contributed by atoms with Gasteiger partial charge in [0.25, 0.3) is 5.91 Å². The third-order valence-corrected chi connectivity index (χ3v) is 6.16. The maximum Gasteiger partial charge on any atom is 0.265 e. The van der Waals surface area contributed by atoms with Crippen molar-refractivity contribution in [3.8, 4) is 17.0 Å². The van der Waals surface area contributed by atoms with E-state index in [2.05, 4.69) is 32.4 Å². The van der Waals surface area contributed by atoms with E-state index in [0.29, 0.717) is 16.5 Å². The average molecular weight is 466 g/mol. The van der Waals surface area contributed by atoms with Gasteiger partial charge < -0.3 is 19.9 Å². The molecule has 0 spiro atoms. The Morgan fingerprint density at radius 3 is 2.39 bits per heavy atom. The first kappa shape index (κ1) is 23.0. The Hall–Kier alpha value is -3.16. The highest BCUT2D eigenvalue weighted by Gasteiger charge is 2.17. The minimum absolute atomic E-state index is 0.230. The molecule has 1 aliphatic rings. The van der Waals surface area contributed by atoms with Crippen LogP contribution in [0.15, 0.2) is 54.6 Å². The molecule has 1 saturated heterocycles. The fraction of sp³-hybridized carbons (Fsp3) is 0.320. The summed E-state index contributed by atoms with van der Waals surface area (Å²) in [5.74, 6) is 1.28. The molecule has 1 N–H and O–H groups in total. The molecule has 0 radical (unpaired) electrons. The Morgan fingerprint density at radius 1 is 1.03 bits per heavy atom. The minimum atomic E-state index is -0.654. The van der Waals surface area contributed by atoms with Gasteiger partial charge in [-0.1, -0.05) is 23.7 Å². The molecule has 2 heterocycles. The largest absolute Gasteiger partial charge is 0.481 e. The van der Waals surface area contributed by atoms with Gasteiger partial charge in [0, 0.05) is 42.5 Å². The van der Waals surface area contributed by atoms with Gasteiger partial charge in [0.2, 0.25) is 0 Å². The highest BCUT2D eigenvalue weighted by atomic mass is 35.5. The van der Waals surface area contributed by atoms with Gasteiger partial charge in [0.05, 0.1) is 5.69 Å². The van der Waals surface area contributed by atoms with Gasteiger partial charge in [0.15, 0.2) is 11.9 Å². The lowest BCUT2D eigenvalue weighted by Crippen LogP contribution is -2.44. The lowest BCUT2D eigenvalue weighted by atomic mass is 10.1. The topological polar surface area (TPSA) is 70.6 Å². The van der Waals surface area contributed by atoms with Crippen molar-refractivity contribution in [1.29, 1.82) is 0 Å². The van der Waals surface area contributed by atoms with E-state index in [1.165, 1.54) is 0 Å². The Labute approximate surface area is 199 Å². The lowest BCUT2D eigenvalue weighted by Gasteiger charge is -2.32. The zero-order valence-electron chi connectivity index (χ0n) is 19.1. The monoisotopic (exact) mass is 465 g/mol. The molecule has 7 nitrogen and oxygen atoms in total. The van der Waals surface area contributed by atoms with E-state index < -0.39 is 6.10 Å². The van der Waals surface area contributed by atoms with Crippen LogP contribution in [0, 0.1) is 6.92 Å². The number of hydrogen-bond donors (Lipinski definition) is 1. The maximum absolute atomic E-state index is 12.5. The van der Waals surface area contributed by atoms with Crippen LogP contribution in [0.5, 0.6) is 5.75 Å². The highest BCUT2D eigenvalue weighted by Crippen LogP contribution is 2.23. The van der Waals surface area contributed by atoms with Crippen molar-refractivity contribution in [2.45, 2.75) is 20.0 Å². The summed E-state index contributed by atoms with van der Waals surface area (Å²) in [7, 11) is 2.13. The van der Waals surface area contributed by atoms with Crippen LogP contribution in [0.1, 0.15) is 12.5 Å². The zero-order valence-corrected chi connectivity index (χ0v) is 19.8. The van der Waals surface area contributed by atoms with Crippen molar-refractivity contribution in [2.24, 2.45) is 0 Å². The molecule has 4 rings (SSSR count). The standard InChI is InChI=1S/C25H28ClN5O2/c1-17-16-21(8-9-22(17)26)33-18(2)25(32)27-20-6-4-19(5-7-20)23-10-11-24(29-28-23)31-14-12-30(3)13-15-31/h4-11,16,18H,12-15H2,1-3H3,(H,27,32). The van der Waals surface area contributed by atoms with Crippen molar-refractivity contribution >= 4 is 29.0 Å². The van der Waals surface area contributed by atoms with Crippen LogP contribution in [0.2, 0.25) is 5.02 Å². The van der Waals surface area contributed by atoms with Gasteiger partial charge >= 0.3 is 0 Å². The van der Waals surface area contributed by atoms with Crippen LogP contribution in [-0.4, -0.2) is 60.3 Å². The molecule has 0 saturated carbocycles. The number of hydrogen-bond acceptors (Lipinski definition) is 6. The molecular formula is C25H28ClN5O2. The van der Waals surface area contributed by atoms with E-state index in [9.17, 15) is 4.79 Å². The Morgan fingerprint density at radius 2 is 1.76 bits per heavy atom. The van der Waals surface area contributed by atoms with Gasteiger partial charge in [-0.05, 0) is 68.9 Å². The molecule has 1 aliphatic heterocycles. The molecule has 1 unspecified atom stereocenters. The van der Waals surface area contributed by atoms with E-state index >= 15 is 0 Å². The number of aromatic nitrogens is 2. The summed E-state index contributed by atoms with van der Waals surface area (Å²) in [5, 5.41) is 12.4. The quantitative estimate of drug-likeness (QED) is 0.586. The van der Waals surface area contributed by atoms with Gasteiger partial charge in [-0.2, -0.15) is 0 Å². The number of carbonyl (C=O) groups is 1. The third kappa shape index (κ3) is 5.80. The zero-order chi connectivity index (χ0) is 23.4. The fourth-order valence-corrected chi connectivity index (χ4v) is 3.72. The number of piperazine rings is 1. The van der Waals surface area contributed by atoms with Crippen LogP contribution in [-0.2, 0) is 4.79 Å².